The van der Waals surface area contributed by atoms with E-state index in [0.717, 1.165) is 31.7 Å². The Hall–Kier alpha value is -1.62. The number of rotatable bonds is 5. The zero-order valence-electron chi connectivity index (χ0n) is 14.2. The predicted molar refractivity (Wildman–Crippen MR) is 88.9 cm³/mol. The quantitative estimate of drug-likeness (QED) is 0.784. The molecule has 5 nitrogen and oxygen atoms in total. The van der Waals surface area contributed by atoms with Gasteiger partial charge in [-0.15, -0.1) is 0 Å². The van der Waals surface area contributed by atoms with Gasteiger partial charge in [0.05, 0.1) is 12.7 Å². The Balaban J connectivity index is 1.63. The number of aromatic nitrogens is 1. The first-order chi connectivity index (χ1) is 11.2. The van der Waals surface area contributed by atoms with Crippen LogP contribution in [0.5, 0.6) is 0 Å². The van der Waals surface area contributed by atoms with Gasteiger partial charge in [0.25, 0.3) is 0 Å². The van der Waals surface area contributed by atoms with Crippen molar-refractivity contribution >= 4 is 5.91 Å². The number of nitrogens with zero attached hydrogens (tertiary/aromatic N) is 3. The summed E-state index contributed by atoms with van der Waals surface area (Å²) in [5.74, 6) is 1.63. The van der Waals surface area contributed by atoms with Gasteiger partial charge in [0, 0.05) is 38.5 Å². The Labute approximate surface area is 138 Å². The second kappa shape index (κ2) is 7.30. The van der Waals surface area contributed by atoms with Crippen molar-refractivity contribution in [2.24, 2.45) is 0 Å². The van der Waals surface area contributed by atoms with Crippen molar-refractivity contribution in [1.29, 1.82) is 0 Å². The molecule has 0 bridgehead atoms. The Morgan fingerprint density at radius 1 is 1.48 bits per heavy atom. The third kappa shape index (κ3) is 3.83. The maximum absolute atomic E-state index is 12.1. The van der Waals surface area contributed by atoms with Crippen molar-refractivity contribution in [3.63, 3.8) is 0 Å². The van der Waals surface area contributed by atoms with Gasteiger partial charge >= 0.3 is 0 Å². The Bertz CT molecular complexity index is 566. The molecule has 0 saturated carbocycles. The third-order valence-electron chi connectivity index (χ3n) is 4.99. The highest BCUT2D eigenvalue weighted by atomic mass is 16.4. The van der Waals surface area contributed by atoms with Crippen molar-refractivity contribution < 1.29 is 9.21 Å². The molecule has 1 fully saturated rings. The van der Waals surface area contributed by atoms with Gasteiger partial charge in [-0.05, 0) is 25.7 Å². The lowest BCUT2D eigenvalue weighted by Gasteiger charge is -2.30. The summed E-state index contributed by atoms with van der Waals surface area (Å²) in [4.78, 5) is 20.9. The van der Waals surface area contributed by atoms with Crippen LogP contribution >= 0.6 is 0 Å². The van der Waals surface area contributed by atoms with E-state index in [1.54, 1.807) is 13.1 Å². The van der Waals surface area contributed by atoms with Gasteiger partial charge in [-0.2, -0.15) is 0 Å². The highest BCUT2D eigenvalue weighted by molar-refractivity contribution is 5.73. The molecule has 3 rings (SSSR count). The van der Waals surface area contributed by atoms with E-state index in [9.17, 15) is 4.79 Å². The van der Waals surface area contributed by atoms with Crippen molar-refractivity contribution in [1.82, 2.24) is 14.8 Å². The molecule has 126 valence electrons. The van der Waals surface area contributed by atoms with E-state index in [1.807, 2.05) is 11.8 Å². The highest BCUT2D eigenvalue weighted by Crippen LogP contribution is 2.24. The fourth-order valence-electron chi connectivity index (χ4n) is 3.65. The maximum Gasteiger partial charge on any atom is 0.220 e. The van der Waals surface area contributed by atoms with Crippen LogP contribution < -0.4 is 0 Å². The first kappa shape index (κ1) is 16.2. The minimum Gasteiger partial charge on any atom is -0.444 e. The zero-order chi connectivity index (χ0) is 16.2. The van der Waals surface area contributed by atoms with E-state index >= 15 is 0 Å². The summed E-state index contributed by atoms with van der Waals surface area (Å²) in [7, 11) is 0. The van der Waals surface area contributed by atoms with Gasteiger partial charge in [-0.25, -0.2) is 4.98 Å². The van der Waals surface area contributed by atoms with Crippen LogP contribution in [0.4, 0.5) is 0 Å². The van der Waals surface area contributed by atoms with Crippen molar-refractivity contribution in [2.45, 2.75) is 64.6 Å². The van der Waals surface area contributed by atoms with E-state index in [0.29, 0.717) is 18.5 Å². The molecule has 0 aromatic carbocycles. The second-order valence-electron chi connectivity index (χ2n) is 6.58. The molecule has 2 atom stereocenters. The van der Waals surface area contributed by atoms with E-state index in [1.165, 1.54) is 19.3 Å². The minimum absolute atomic E-state index is 0.104. The molecule has 1 aromatic heterocycles. The fraction of sp³-hybridized carbons (Fsp3) is 0.667. The summed E-state index contributed by atoms with van der Waals surface area (Å²) >= 11 is 0. The summed E-state index contributed by atoms with van der Waals surface area (Å²) < 4.78 is 5.69. The lowest BCUT2D eigenvalue weighted by Crippen LogP contribution is -2.42. The van der Waals surface area contributed by atoms with Crippen LogP contribution in [0.25, 0.3) is 0 Å². The monoisotopic (exact) mass is 317 g/mol. The van der Waals surface area contributed by atoms with Crippen LogP contribution in [0.3, 0.4) is 0 Å². The molecule has 0 N–H and O–H groups in total. The van der Waals surface area contributed by atoms with Crippen molar-refractivity contribution in [3.05, 3.63) is 30.0 Å². The van der Waals surface area contributed by atoms with E-state index in [2.05, 4.69) is 22.0 Å². The largest absolute Gasteiger partial charge is 0.444 e. The summed E-state index contributed by atoms with van der Waals surface area (Å²) in [6.45, 7) is 6.19. The van der Waals surface area contributed by atoms with Gasteiger partial charge in [-0.3, -0.25) is 9.69 Å². The standard InChI is InChI=1S/C18H27N3O2/c1-3-17-11-19-18(23-17)13-21(14(2)22)16-9-10-20(12-16)15-7-5-4-6-8-15/h5,7,11,15-16H,3-4,6,8-10,12-13H2,1-2H3/t15-,16-/m1/s1. The van der Waals surface area contributed by atoms with Gasteiger partial charge in [0.1, 0.15) is 5.76 Å². The third-order valence-corrected chi connectivity index (χ3v) is 4.99. The van der Waals surface area contributed by atoms with E-state index in [-0.39, 0.29) is 11.9 Å². The molecule has 0 radical (unpaired) electrons. The lowest BCUT2D eigenvalue weighted by atomic mass is 10.0. The van der Waals surface area contributed by atoms with Gasteiger partial charge in [0.15, 0.2) is 0 Å². The number of likely N-dealkylation sites (tertiary alicyclic amines) is 1. The van der Waals surface area contributed by atoms with Crippen LogP contribution in [0, 0.1) is 0 Å². The maximum atomic E-state index is 12.1. The van der Waals surface area contributed by atoms with Crippen LogP contribution in [-0.2, 0) is 17.8 Å². The molecule has 2 heterocycles. The van der Waals surface area contributed by atoms with Crippen LogP contribution in [-0.4, -0.2) is 45.9 Å². The predicted octanol–water partition coefficient (Wildman–Crippen LogP) is 2.77. The normalized spacial score (nSPS) is 25.0. The molecule has 23 heavy (non-hydrogen) atoms. The van der Waals surface area contributed by atoms with Gasteiger partial charge in [-0.1, -0.05) is 19.1 Å². The van der Waals surface area contributed by atoms with Gasteiger partial charge in [0.2, 0.25) is 11.8 Å². The van der Waals surface area contributed by atoms with E-state index < -0.39 is 0 Å². The molecule has 1 aliphatic carbocycles. The number of carbonyl (C=O) groups is 1. The average Bonchev–Trinajstić information content (AvgIpc) is 3.22. The molecule has 0 spiro atoms. The molecule has 1 amide bonds. The van der Waals surface area contributed by atoms with E-state index in [4.69, 9.17) is 4.42 Å². The molecule has 1 aliphatic heterocycles. The Morgan fingerprint density at radius 2 is 2.35 bits per heavy atom. The number of hydrogen-bond acceptors (Lipinski definition) is 4. The van der Waals surface area contributed by atoms with Crippen molar-refractivity contribution in [2.75, 3.05) is 13.1 Å². The first-order valence-electron chi connectivity index (χ1n) is 8.79. The van der Waals surface area contributed by atoms with Crippen LogP contribution in [0.15, 0.2) is 22.8 Å². The lowest BCUT2D eigenvalue weighted by molar-refractivity contribution is -0.132. The Morgan fingerprint density at radius 3 is 3.00 bits per heavy atom. The molecular formula is C18H27N3O2. The molecule has 2 aliphatic rings. The highest BCUT2D eigenvalue weighted by Gasteiger charge is 2.33. The van der Waals surface area contributed by atoms with Gasteiger partial charge < -0.3 is 9.32 Å². The number of aryl methyl sites for hydroxylation is 1. The summed E-state index contributed by atoms with van der Waals surface area (Å²) in [5, 5.41) is 0. The molecular weight excluding hydrogens is 290 g/mol. The number of amides is 1. The topological polar surface area (TPSA) is 49.6 Å². The van der Waals surface area contributed by atoms with Crippen LogP contribution in [0.1, 0.15) is 51.2 Å². The average molecular weight is 317 g/mol. The smallest absolute Gasteiger partial charge is 0.220 e. The SMILES string of the molecule is CCc1cnc(CN(C(C)=O)[C@@H]2CCN([C@@H]3C=CCCC3)C2)o1. The Kier molecular flexibility index (Phi) is 5.16. The molecule has 0 unspecified atom stereocenters. The number of oxazole rings is 1. The molecule has 1 saturated heterocycles. The summed E-state index contributed by atoms with van der Waals surface area (Å²) in [6, 6.07) is 0.816. The summed E-state index contributed by atoms with van der Waals surface area (Å²) in [6.07, 6.45) is 12.0. The summed E-state index contributed by atoms with van der Waals surface area (Å²) in [5.41, 5.74) is 0. The second-order valence-corrected chi connectivity index (χ2v) is 6.58. The molecule has 5 heteroatoms. The van der Waals surface area contributed by atoms with Crippen LogP contribution in [0.2, 0.25) is 0 Å². The molecule has 1 aromatic rings. The number of allylic oxidation sites excluding steroid dienone is 1. The first-order valence-corrected chi connectivity index (χ1v) is 8.79. The fourth-order valence-corrected chi connectivity index (χ4v) is 3.65. The number of hydrogen-bond donors (Lipinski definition) is 0. The number of carbonyl (C=O) groups excluding carboxylic acids is 1. The zero-order valence-corrected chi connectivity index (χ0v) is 14.2. The van der Waals surface area contributed by atoms with Crippen molar-refractivity contribution in [3.8, 4) is 0 Å². The minimum atomic E-state index is 0.104.